The Kier molecular flexibility index (Phi) is 2.08. The van der Waals surface area contributed by atoms with Gasteiger partial charge in [0, 0.05) is 16.3 Å². The van der Waals surface area contributed by atoms with E-state index in [-0.39, 0.29) is 5.56 Å². The molecular formula is C14H10BNO. The molecule has 17 heavy (non-hydrogen) atoms. The Morgan fingerprint density at radius 1 is 1.00 bits per heavy atom. The Balaban J connectivity index is 2.64. The summed E-state index contributed by atoms with van der Waals surface area (Å²) < 4.78 is 0. The molecular weight excluding hydrogens is 209 g/mol. The Morgan fingerprint density at radius 3 is 2.65 bits per heavy atom. The van der Waals surface area contributed by atoms with Crippen molar-refractivity contribution in [3.8, 4) is 0 Å². The molecule has 3 heteroatoms. The second-order valence-corrected chi connectivity index (χ2v) is 4.31. The Hall–Kier alpha value is -2.03. The molecule has 0 fully saturated rings. The molecule has 1 N–H and O–H groups in total. The van der Waals surface area contributed by atoms with E-state index >= 15 is 0 Å². The van der Waals surface area contributed by atoms with E-state index in [4.69, 9.17) is 7.85 Å². The van der Waals surface area contributed by atoms with E-state index in [9.17, 15) is 4.79 Å². The van der Waals surface area contributed by atoms with Crippen LogP contribution < -0.4 is 11.0 Å². The summed E-state index contributed by atoms with van der Waals surface area (Å²) in [4.78, 5) is 14.8. The van der Waals surface area contributed by atoms with Crippen LogP contribution >= 0.6 is 0 Å². The van der Waals surface area contributed by atoms with Crippen LogP contribution in [0.1, 0.15) is 5.56 Å². The molecule has 0 bridgehead atoms. The molecule has 0 saturated heterocycles. The molecule has 0 aliphatic rings. The first kappa shape index (κ1) is 10.1. The fourth-order valence-electron chi connectivity index (χ4n) is 2.16. The lowest BCUT2D eigenvalue weighted by Crippen LogP contribution is -2.09. The average molecular weight is 219 g/mol. The maximum Gasteiger partial charge on any atom is 0.256 e. The highest BCUT2D eigenvalue weighted by Crippen LogP contribution is 2.21. The second kappa shape index (κ2) is 3.49. The molecule has 0 unspecified atom stereocenters. The lowest BCUT2D eigenvalue weighted by Gasteiger charge is -2.05. The fourth-order valence-corrected chi connectivity index (χ4v) is 2.16. The average Bonchev–Trinajstić information content (AvgIpc) is 2.30. The third-order valence-corrected chi connectivity index (χ3v) is 3.00. The number of H-pyrrole nitrogens is 1. The van der Waals surface area contributed by atoms with Crippen molar-refractivity contribution in [2.45, 2.75) is 6.92 Å². The predicted octanol–water partition coefficient (Wildman–Crippen LogP) is 1.78. The highest BCUT2D eigenvalue weighted by atomic mass is 16.1. The molecule has 2 aromatic carbocycles. The van der Waals surface area contributed by atoms with Crippen molar-refractivity contribution in [3.63, 3.8) is 0 Å². The molecule has 0 spiro atoms. The summed E-state index contributed by atoms with van der Waals surface area (Å²) in [5.41, 5.74) is 2.61. The van der Waals surface area contributed by atoms with Gasteiger partial charge in [-0.3, -0.25) is 4.79 Å². The normalized spacial score (nSPS) is 11.1. The molecule has 0 aliphatic heterocycles. The number of benzene rings is 2. The SMILES string of the molecule is [B]c1ccc2c(=O)[nH]c3ccc(C)cc3c2c1. The van der Waals surface area contributed by atoms with Gasteiger partial charge in [0.1, 0.15) is 7.85 Å². The molecule has 0 aliphatic carbocycles. The van der Waals surface area contributed by atoms with Crippen LogP contribution in [0.3, 0.4) is 0 Å². The summed E-state index contributed by atoms with van der Waals surface area (Å²) in [6, 6.07) is 11.3. The van der Waals surface area contributed by atoms with Gasteiger partial charge in [-0.1, -0.05) is 29.2 Å². The molecule has 2 nitrogen and oxygen atoms in total. The van der Waals surface area contributed by atoms with E-state index in [0.29, 0.717) is 10.8 Å². The molecule has 3 rings (SSSR count). The number of hydrogen-bond donors (Lipinski definition) is 1. The van der Waals surface area contributed by atoms with E-state index in [1.54, 1.807) is 12.1 Å². The fraction of sp³-hybridized carbons (Fsp3) is 0.0714. The lowest BCUT2D eigenvalue weighted by molar-refractivity contribution is 1.34. The van der Waals surface area contributed by atoms with Gasteiger partial charge in [-0.2, -0.15) is 0 Å². The summed E-state index contributed by atoms with van der Waals surface area (Å²) in [7, 11) is 5.79. The summed E-state index contributed by atoms with van der Waals surface area (Å²) >= 11 is 0. The monoisotopic (exact) mass is 219 g/mol. The highest BCUT2D eigenvalue weighted by Gasteiger charge is 2.04. The van der Waals surface area contributed by atoms with Crippen LogP contribution in [0.2, 0.25) is 0 Å². The van der Waals surface area contributed by atoms with Gasteiger partial charge in [-0.25, -0.2) is 0 Å². The summed E-state index contributed by atoms with van der Waals surface area (Å²) in [6.07, 6.45) is 0. The van der Waals surface area contributed by atoms with Crippen LogP contribution in [0.15, 0.2) is 41.2 Å². The standard InChI is InChI=1S/C14H10BNO/c1-8-2-5-13-12(6-8)11-7-9(15)3-4-10(11)14(17)16-13/h2-7H,1H3,(H,16,17). The van der Waals surface area contributed by atoms with E-state index in [1.165, 1.54) is 0 Å². The van der Waals surface area contributed by atoms with Gasteiger partial charge in [0.25, 0.3) is 5.56 Å². The van der Waals surface area contributed by atoms with Crippen LogP contribution in [0.25, 0.3) is 21.7 Å². The minimum absolute atomic E-state index is 0.0728. The van der Waals surface area contributed by atoms with Crippen LogP contribution in [-0.2, 0) is 0 Å². The molecule has 1 aromatic heterocycles. The predicted molar refractivity (Wildman–Crippen MR) is 72.2 cm³/mol. The van der Waals surface area contributed by atoms with Crippen molar-refractivity contribution >= 4 is 35.0 Å². The number of aromatic amines is 1. The molecule has 80 valence electrons. The first-order chi connectivity index (χ1) is 8.15. The van der Waals surface area contributed by atoms with Crippen molar-refractivity contribution in [2.75, 3.05) is 0 Å². The minimum Gasteiger partial charge on any atom is -0.321 e. The van der Waals surface area contributed by atoms with Crippen LogP contribution in [0, 0.1) is 6.92 Å². The second-order valence-electron chi connectivity index (χ2n) is 4.31. The topological polar surface area (TPSA) is 32.9 Å². The van der Waals surface area contributed by atoms with Crippen molar-refractivity contribution in [1.29, 1.82) is 0 Å². The zero-order chi connectivity index (χ0) is 12.0. The third-order valence-electron chi connectivity index (χ3n) is 3.00. The Morgan fingerprint density at radius 2 is 1.82 bits per heavy atom. The number of pyridine rings is 1. The lowest BCUT2D eigenvalue weighted by atomic mass is 9.92. The summed E-state index contributed by atoms with van der Waals surface area (Å²) in [6.45, 7) is 2.03. The maximum absolute atomic E-state index is 11.9. The van der Waals surface area contributed by atoms with Crippen LogP contribution in [0.5, 0.6) is 0 Å². The molecule has 0 saturated carbocycles. The molecule has 0 amide bonds. The first-order valence-corrected chi connectivity index (χ1v) is 5.47. The largest absolute Gasteiger partial charge is 0.321 e. The zero-order valence-corrected chi connectivity index (χ0v) is 9.45. The van der Waals surface area contributed by atoms with Gasteiger partial charge in [0.15, 0.2) is 0 Å². The summed E-state index contributed by atoms with van der Waals surface area (Å²) in [5, 5.41) is 2.62. The summed E-state index contributed by atoms with van der Waals surface area (Å²) in [5.74, 6) is 0. The number of nitrogens with one attached hydrogen (secondary N) is 1. The first-order valence-electron chi connectivity index (χ1n) is 5.47. The Labute approximate surface area is 99.7 Å². The Bertz CT molecular complexity index is 789. The van der Waals surface area contributed by atoms with E-state index in [2.05, 4.69) is 11.1 Å². The molecule has 2 radical (unpaired) electrons. The highest BCUT2D eigenvalue weighted by molar-refractivity contribution is 6.33. The van der Waals surface area contributed by atoms with Crippen molar-refractivity contribution in [1.82, 2.24) is 4.98 Å². The minimum atomic E-state index is -0.0728. The van der Waals surface area contributed by atoms with Gasteiger partial charge in [0.2, 0.25) is 0 Å². The van der Waals surface area contributed by atoms with Crippen LogP contribution in [0.4, 0.5) is 0 Å². The quantitative estimate of drug-likeness (QED) is 0.453. The van der Waals surface area contributed by atoms with Crippen molar-refractivity contribution < 1.29 is 0 Å². The number of rotatable bonds is 0. The number of hydrogen-bond acceptors (Lipinski definition) is 1. The zero-order valence-electron chi connectivity index (χ0n) is 9.45. The van der Waals surface area contributed by atoms with Crippen LogP contribution in [-0.4, -0.2) is 12.8 Å². The van der Waals surface area contributed by atoms with Gasteiger partial charge >= 0.3 is 0 Å². The molecule has 1 heterocycles. The van der Waals surface area contributed by atoms with Gasteiger partial charge in [-0.15, -0.1) is 0 Å². The van der Waals surface area contributed by atoms with Gasteiger partial charge in [0.05, 0.1) is 0 Å². The molecule has 0 atom stereocenters. The number of fused-ring (bicyclic) bond motifs is 3. The molecule has 3 aromatic rings. The van der Waals surface area contributed by atoms with E-state index < -0.39 is 0 Å². The van der Waals surface area contributed by atoms with Gasteiger partial charge in [-0.05, 0) is 30.5 Å². The number of aryl methyl sites for hydroxylation is 1. The van der Waals surface area contributed by atoms with Crippen molar-refractivity contribution in [3.05, 3.63) is 52.3 Å². The number of aromatic nitrogens is 1. The third kappa shape index (κ3) is 1.55. The van der Waals surface area contributed by atoms with E-state index in [1.807, 2.05) is 25.1 Å². The van der Waals surface area contributed by atoms with Crippen molar-refractivity contribution in [2.24, 2.45) is 0 Å². The maximum atomic E-state index is 11.9. The van der Waals surface area contributed by atoms with E-state index in [0.717, 1.165) is 21.9 Å². The smallest absolute Gasteiger partial charge is 0.256 e. The van der Waals surface area contributed by atoms with Gasteiger partial charge < -0.3 is 4.98 Å².